The van der Waals surface area contributed by atoms with Gasteiger partial charge in [0.15, 0.2) is 0 Å². The van der Waals surface area contributed by atoms with Crippen molar-refractivity contribution in [2.24, 2.45) is 5.10 Å². The van der Waals surface area contributed by atoms with Crippen molar-refractivity contribution >= 4 is 6.21 Å². The van der Waals surface area contributed by atoms with Crippen molar-refractivity contribution in [3.63, 3.8) is 0 Å². The number of hydrogen-bond donors (Lipinski definition) is 1. The fourth-order valence-corrected chi connectivity index (χ4v) is 1.09. The lowest BCUT2D eigenvalue weighted by atomic mass is 9.87. The van der Waals surface area contributed by atoms with Crippen LogP contribution in [0, 0.1) is 0 Å². The molecule has 0 aromatic carbocycles. The first-order chi connectivity index (χ1) is 6.27. The molecule has 0 heterocycles. The molecule has 0 bridgehead atoms. The van der Waals surface area contributed by atoms with Crippen molar-refractivity contribution < 1.29 is 9.84 Å². The van der Waals surface area contributed by atoms with Crippen LogP contribution in [0.5, 0.6) is 0 Å². The van der Waals surface area contributed by atoms with Crippen molar-refractivity contribution in [3.05, 3.63) is 0 Å². The molecule has 84 valence electrons. The second kappa shape index (κ2) is 4.75. The van der Waals surface area contributed by atoms with Gasteiger partial charge in [-0.1, -0.05) is 0 Å². The maximum absolute atomic E-state index is 10.2. The lowest BCUT2D eigenvalue weighted by Gasteiger charge is -2.40. The average molecular weight is 202 g/mol. The monoisotopic (exact) mass is 202 g/mol. The lowest BCUT2D eigenvalue weighted by molar-refractivity contribution is -0.148. The first kappa shape index (κ1) is 13.4. The van der Waals surface area contributed by atoms with Crippen molar-refractivity contribution in [2.75, 3.05) is 20.7 Å². The number of hydrazone groups is 1. The summed E-state index contributed by atoms with van der Waals surface area (Å²) in [5, 5.41) is 15.9. The maximum atomic E-state index is 10.2. The molecule has 4 heteroatoms. The van der Waals surface area contributed by atoms with Crippen LogP contribution >= 0.6 is 0 Å². The molecule has 0 aromatic rings. The topological polar surface area (TPSA) is 45.1 Å². The molecule has 0 radical (unpaired) electrons. The van der Waals surface area contributed by atoms with Gasteiger partial charge in [-0.15, -0.1) is 0 Å². The number of ether oxygens (including phenoxy) is 1. The summed E-state index contributed by atoms with van der Waals surface area (Å²) in [6, 6.07) is 0. The van der Waals surface area contributed by atoms with E-state index in [0.717, 1.165) is 0 Å². The van der Waals surface area contributed by atoms with E-state index in [4.69, 9.17) is 4.74 Å². The van der Waals surface area contributed by atoms with Crippen LogP contribution in [-0.4, -0.2) is 48.2 Å². The van der Waals surface area contributed by atoms with E-state index in [1.54, 1.807) is 25.3 Å². The Bertz CT molecular complexity index is 200. The van der Waals surface area contributed by atoms with Gasteiger partial charge in [-0.3, -0.25) is 5.01 Å². The summed E-state index contributed by atoms with van der Waals surface area (Å²) < 4.78 is 5.25. The highest BCUT2D eigenvalue weighted by Gasteiger charge is 2.40. The highest BCUT2D eigenvalue weighted by Crippen LogP contribution is 2.25. The summed E-state index contributed by atoms with van der Waals surface area (Å²) in [7, 11) is 3.41. The molecule has 0 aliphatic heterocycles. The molecule has 0 aromatic heterocycles. The molecule has 0 spiro atoms. The molecule has 0 amide bonds. The van der Waals surface area contributed by atoms with E-state index < -0.39 is 11.2 Å². The average Bonchev–Trinajstić information content (AvgIpc) is 2.03. The van der Waals surface area contributed by atoms with Gasteiger partial charge in [-0.05, 0) is 27.7 Å². The van der Waals surface area contributed by atoms with Gasteiger partial charge in [0.25, 0.3) is 0 Å². The SMILES string of the molecule is C/C=N\N(C)CC(C)(O)C(C)(C)OC. The van der Waals surface area contributed by atoms with Gasteiger partial charge >= 0.3 is 0 Å². The van der Waals surface area contributed by atoms with Crippen molar-refractivity contribution in [2.45, 2.75) is 38.9 Å². The molecule has 0 saturated heterocycles. The fraction of sp³-hybridized carbons (Fsp3) is 0.900. The first-order valence-corrected chi connectivity index (χ1v) is 4.74. The third-order valence-corrected chi connectivity index (χ3v) is 2.66. The number of likely N-dealkylation sites (N-methyl/N-ethyl adjacent to an activating group) is 1. The van der Waals surface area contributed by atoms with Crippen LogP contribution in [-0.2, 0) is 4.74 Å². The zero-order valence-electron chi connectivity index (χ0n) is 10.0. The summed E-state index contributed by atoms with van der Waals surface area (Å²) in [6.45, 7) is 7.73. The molecule has 1 atom stereocenters. The Labute approximate surface area is 86.6 Å². The van der Waals surface area contributed by atoms with Crippen molar-refractivity contribution in [1.82, 2.24) is 5.01 Å². The second-order valence-electron chi connectivity index (χ2n) is 4.18. The smallest absolute Gasteiger partial charge is 0.109 e. The first-order valence-electron chi connectivity index (χ1n) is 4.74. The van der Waals surface area contributed by atoms with Crippen LogP contribution in [0.1, 0.15) is 27.7 Å². The largest absolute Gasteiger partial charge is 0.385 e. The highest BCUT2D eigenvalue weighted by atomic mass is 16.5. The predicted molar refractivity (Wildman–Crippen MR) is 58.5 cm³/mol. The highest BCUT2D eigenvalue weighted by molar-refractivity contribution is 5.52. The van der Waals surface area contributed by atoms with Crippen molar-refractivity contribution in [3.8, 4) is 0 Å². The van der Waals surface area contributed by atoms with E-state index in [1.165, 1.54) is 0 Å². The van der Waals surface area contributed by atoms with Gasteiger partial charge in [0.1, 0.15) is 5.60 Å². The van der Waals surface area contributed by atoms with E-state index >= 15 is 0 Å². The number of methoxy groups -OCH3 is 1. The molecule has 14 heavy (non-hydrogen) atoms. The van der Waals surface area contributed by atoms with Gasteiger partial charge in [0.05, 0.1) is 12.1 Å². The van der Waals surface area contributed by atoms with Crippen LogP contribution in [0.15, 0.2) is 5.10 Å². The summed E-state index contributed by atoms with van der Waals surface area (Å²) in [6.07, 6.45) is 1.69. The summed E-state index contributed by atoms with van der Waals surface area (Å²) in [5.74, 6) is 0. The van der Waals surface area contributed by atoms with Gasteiger partial charge in [-0.25, -0.2) is 0 Å². The summed E-state index contributed by atoms with van der Waals surface area (Å²) in [5.41, 5.74) is -1.53. The molecule has 0 saturated carbocycles. The van der Waals surface area contributed by atoms with Gasteiger partial charge in [-0.2, -0.15) is 5.10 Å². The quantitative estimate of drug-likeness (QED) is 0.536. The number of nitrogens with zero attached hydrogens (tertiary/aromatic N) is 2. The molecular formula is C10H22N2O2. The Morgan fingerprint density at radius 1 is 1.43 bits per heavy atom. The minimum Gasteiger partial charge on any atom is -0.385 e. The van der Waals surface area contributed by atoms with Gasteiger partial charge in [0.2, 0.25) is 0 Å². The molecule has 0 rings (SSSR count). The Balaban J connectivity index is 4.47. The lowest BCUT2D eigenvalue weighted by Crippen LogP contribution is -2.54. The number of aliphatic hydroxyl groups is 1. The third kappa shape index (κ3) is 3.27. The minimum atomic E-state index is -0.941. The molecule has 4 nitrogen and oxygen atoms in total. The van der Waals surface area contributed by atoms with E-state index in [0.29, 0.717) is 6.54 Å². The molecule has 0 aliphatic rings. The second-order valence-corrected chi connectivity index (χ2v) is 4.18. The van der Waals surface area contributed by atoms with Gasteiger partial charge < -0.3 is 9.84 Å². The predicted octanol–water partition coefficient (Wildman–Crippen LogP) is 1.10. The number of hydrogen-bond acceptors (Lipinski definition) is 4. The zero-order chi connectivity index (χ0) is 11.4. The Hall–Kier alpha value is -0.610. The molecule has 1 unspecified atom stereocenters. The van der Waals surface area contributed by atoms with Crippen LogP contribution in [0.25, 0.3) is 0 Å². The van der Waals surface area contributed by atoms with Gasteiger partial charge in [0, 0.05) is 20.4 Å². The molecule has 1 N–H and O–H groups in total. The molecular weight excluding hydrogens is 180 g/mol. The summed E-state index contributed by atoms with van der Waals surface area (Å²) >= 11 is 0. The van der Waals surface area contributed by atoms with E-state index in [1.807, 2.05) is 27.8 Å². The summed E-state index contributed by atoms with van der Waals surface area (Å²) in [4.78, 5) is 0. The van der Waals surface area contributed by atoms with E-state index in [9.17, 15) is 5.11 Å². The number of rotatable bonds is 5. The van der Waals surface area contributed by atoms with E-state index in [2.05, 4.69) is 5.10 Å². The molecule has 0 aliphatic carbocycles. The van der Waals surface area contributed by atoms with Crippen LogP contribution in [0.4, 0.5) is 0 Å². The third-order valence-electron chi connectivity index (χ3n) is 2.66. The van der Waals surface area contributed by atoms with Crippen LogP contribution < -0.4 is 0 Å². The maximum Gasteiger partial charge on any atom is 0.109 e. The Kier molecular flexibility index (Phi) is 4.55. The van der Waals surface area contributed by atoms with Crippen LogP contribution in [0.2, 0.25) is 0 Å². The zero-order valence-corrected chi connectivity index (χ0v) is 10.0. The molecule has 0 fully saturated rings. The normalized spacial score (nSPS) is 17.1. The Morgan fingerprint density at radius 2 is 1.93 bits per heavy atom. The standard InChI is InChI=1S/C10H22N2O2/c1-7-11-12(5)8-10(4,13)9(2,3)14-6/h7,13H,8H2,1-6H3/b11-7-. The van der Waals surface area contributed by atoms with Crippen molar-refractivity contribution in [1.29, 1.82) is 0 Å². The van der Waals surface area contributed by atoms with E-state index in [-0.39, 0.29) is 0 Å². The van der Waals surface area contributed by atoms with Crippen LogP contribution in [0.3, 0.4) is 0 Å². The minimum absolute atomic E-state index is 0.429. The fourth-order valence-electron chi connectivity index (χ4n) is 1.09. The Morgan fingerprint density at radius 3 is 2.29 bits per heavy atom.